The van der Waals surface area contributed by atoms with E-state index < -0.39 is 10.0 Å². The lowest BCUT2D eigenvalue weighted by Crippen LogP contribution is -2.40. The second kappa shape index (κ2) is 3.95. The molecule has 4 rings (SSSR count). The van der Waals surface area contributed by atoms with Crippen LogP contribution in [0.3, 0.4) is 0 Å². The maximum absolute atomic E-state index is 12.9. The predicted octanol–water partition coefficient (Wildman–Crippen LogP) is 1.96. The summed E-state index contributed by atoms with van der Waals surface area (Å²) in [5.74, 6) is 1.06. The van der Waals surface area contributed by atoms with Gasteiger partial charge in [0, 0.05) is 18.9 Å². The van der Waals surface area contributed by atoms with E-state index in [1.807, 2.05) is 6.07 Å². The number of rotatable bonds is 2. The van der Waals surface area contributed by atoms with Gasteiger partial charge >= 0.3 is 0 Å². The van der Waals surface area contributed by atoms with Crippen LogP contribution < -0.4 is 4.31 Å². The highest BCUT2D eigenvalue weighted by atomic mass is 32.2. The first kappa shape index (κ1) is 11.7. The van der Waals surface area contributed by atoms with Gasteiger partial charge in [-0.3, -0.25) is 9.29 Å². The third-order valence-electron chi connectivity index (χ3n) is 5.09. The second-order valence-electron chi connectivity index (χ2n) is 6.08. The van der Waals surface area contributed by atoms with Crippen molar-refractivity contribution in [1.29, 1.82) is 0 Å². The molecule has 2 bridgehead atoms. The van der Waals surface area contributed by atoms with Crippen LogP contribution in [0.25, 0.3) is 0 Å². The maximum Gasteiger partial charge on any atom is 0.238 e. The van der Waals surface area contributed by atoms with Gasteiger partial charge in [0.05, 0.1) is 10.9 Å². The Kier molecular flexibility index (Phi) is 2.43. The van der Waals surface area contributed by atoms with Gasteiger partial charge in [0.1, 0.15) is 0 Å². The van der Waals surface area contributed by atoms with Crippen molar-refractivity contribution in [3.63, 3.8) is 0 Å². The van der Waals surface area contributed by atoms with Crippen LogP contribution in [0.1, 0.15) is 31.2 Å². The SMILES string of the molecule is O=S(=O)(C1C[C@@H]2CC[C@H]1C2)N1CCc2cnccc21. The fourth-order valence-electron chi connectivity index (χ4n) is 4.18. The lowest BCUT2D eigenvalue weighted by Gasteiger charge is -2.28. The predicted molar refractivity (Wildman–Crippen MR) is 73.4 cm³/mol. The third kappa shape index (κ3) is 1.64. The van der Waals surface area contributed by atoms with Crippen molar-refractivity contribution in [2.45, 2.75) is 37.4 Å². The Labute approximate surface area is 113 Å². The van der Waals surface area contributed by atoms with Gasteiger partial charge in [0.15, 0.2) is 0 Å². The summed E-state index contributed by atoms with van der Waals surface area (Å²) in [7, 11) is -3.18. The largest absolute Gasteiger partial charge is 0.269 e. The van der Waals surface area contributed by atoms with Gasteiger partial charge in [0.2, 0.25) is 10.0 Å². The van der Waals surface area contributed by atoms with Crippen LogP contribution in [0.5, 0.6) is 0 Å². The zero-order chi connectivity index (χ0) is 13.0. The lowest BCUT2D eigenvalue weighted by atomic mass is 10.0. The monoisotopic (exact) mass is 278 g/mol. The highest BCUT2D eigenvalue weighted by molar-refractivity contribution is 7.93. The fraction of sp³-hybridized carbons (Fsp3) is 0.643. The minimum absolute atomic E-state index is 0.134. The van der Waals surface area contributed by atoms with Gasteiger partial charge in [-0.25, -0.2) is 8.42 Å². The summed E-state index contributed by atoms with van der Waals surface area (Å²) in [5.41, 5.74) is 1.92. The molecule has 4 nitrogen and oxygen atoms in total. The molecule has 0 amide bonds. The van der Waals surface area contributed by atoms with E-state index in [2.05, 4.69) is 4.98 Å². The molecular weight excluding hydrogens is 260 g/mol. The van der Waals surface area contributed by atoms with Crippen LogP contribution in [0.2, 0.25) is 0 Å². The van der Waals surface area contributed by atoms with E-state index in [1.54, 1.807) is 16.7 Å². The first-order valence-electron chi connectivity index (χ1n) is 7.10. The maximum atomic E-state index is 12.9. The molecule has 19 heavy (non-hydrogen) atoms. The molecule has 0 N–H and O–H groups in total. The molecule has 1 aromatic heterocycles. The second-order valence-corrected chi connectivity index (χ2v) is 8.16. The lowest BCUT2D eigenvalue weighted by molar-refractivity contribution is 0.463. The fourth-order valence-corrected chi connectivity index (χ4v) is 6.55. The van der Waals surface area contributed by atoms with Crippen molar-refractivity contribution >= 4 is 15.7 Å². The molecular formula is C14H18N2O2S. The Morgan fingerprint density at radius 3 is 2.89 bits per heavy atom. The summed E-state index contributed by atoms with van der Waals surface area (Å²) in [6.07, 6.45) is 8.62. The quantitative estimate of drug-likeness (QED) is 0.831. The number of aromatic nitrogens is 1. The molecule has 0 saturated heterocycles. The summed E-state index contributed by atoms with van der Waals surface area (Å²) < 4.78 is 27.4. The molecule has 2 aliphatic carbocycles. The van der Waals surface area contributed by atoms with E-state index >= 15 is 0 Å². The average Bonchev–Trinajstić information content (AvgIpc) is 3.13. The zero-order valence-electron chi connectivity index (χ0n) is 10.8. The van der Waals surface area contributed by atoms with Crippen molar-refractivity contribution in [1.82, 2.24) is 4.98 Å². The van der Waals surface area contributed by atoms with Crippen LogP contribution in [0, 0.1) is 11.8 Å². The van der Waals surface area contributed by atoms with Crippen LogP contribution in [-0.4, -0.2) is 25.2 Å². The van der Waals surface area contributed by atoms with Crippen molar-refractivity contribution in [3.05, 3.63) is 24.0 Å². The molecule has 5 heteroatoms. The number of sulfonamides is 1. The van der Waals surface area contributed by atoms with E-state index in [4.69, 9.17) is 0 Å². The van der Waals surface area contributed by atoms with Crippen LogP contribution in [-0.2, 0) is 16.4 Å². The number of pyridine rings is 1. The summed E-state index contributed by atoms with van der Waals surface area (Å²) >= 11 is 0. The average molecular weight is 278 g/mol. The molecule has 1 aromatic rings. The Bertz CT molecular complexity index is 614. The van der Waals surface area contributed by atoms with Crippen molar-refractivity contribution in [2.75, 3.05) is 10.8 Å². The molecule has 2 saturated carbocycles. The van der Waals surface area contributed by atoms with Gasteiger partial charge in [-0.05, 0) is 49.1 Å². The number of hydrogen-bond donors (Lipinski definition) is 0. The van der Waals surface area contributed by atoms with E-state index in [9.17, 15) is 8.42 Å². The van der Waals surface area contributed by atoms with Gasteiger partial charge in [-0.1, -0.05) is 6.42 Å². The summed E-state index contributed by atoms with van der Waals surface area (Å²) in [4.78, 5) is 4.09. The van der Waals surface area contributed by atoms with Gasteiger partial charge < -0.3 is 0 Å². The first-order valence-corrected chi connectivity index (χ1v) is 8.61. The third-order valence-corrected chi connectivity index (χ3v) is 7.43. The normalized spacial score (nSPS) is 32.8. The highest BCUT2D eigenvalue weighted by Crippen LogP contribution is 2.49. The van der Waals surface area contributed by atoms with Crippen molar-refractivity contribution in [2.24, 2.45) is 11.8 Å². The Balaban J connectivity index is 1.69. The summed E-state index contributed by atoms with van der Waals surface area (Å²) in [6.45, 7) is 0.594. The van der Waals surface area contributed by atoms with E-state index in [1.165, 1.54) is 6.42 Å². The molecule has 3 aliphatic rings. The summed E-state index contributed by atoms with van der Waals surface area (Å²) in [6, 6.07) is 1.84. The van der Waals surface area contributed by atoms with Crippen LogP contribution >= 0.6 is 0 Å². The molecule has 1 aliphatic heterocycles. The number of fused-ring (bicyclic) bond motifs is 3. The number of anilines is 1. The minimum atomic E-state index is -3.18. The standard InChI is InChI=1S/C14H18N2O2S/c17-19(18,14-8-10-1-2-11(14)7-10)16-6-4-12-9-15-5-3-13(12)16/h3,5,9-11,14H,1-2,4,6-8H2/t10-,11+,14?/m1/s1. The number of nitrogens with zero attached hydrogens (tertiary/aromatic N) is 2. The smallest absolute Gasteiger partial charge is 0.238 e. The Hall–Kier alpha value is -1.10. The Morgan fingerprint density at radius 1 is 1.26 bits per heavy atom. The Morgan fingerprint density at radius 2 is 2.16 bits per heavy atom. The molecule has 2 fully saturated rings. The molecule has 0 radical (unpaired) electrons. The van der Waals surface area contributed by atoms with Gasteiger partial charge in [-0.15, -0.1) is 0 Å². The molecule has 102 valence electrons. The first-order chi connectivity index (χ1) is 9.16. The van der Waals surface area contributed by atoms with E-state index in [-0.39, 0.29) is 5.25 Å². The topological polar surface area (TPSA) is 50.3 Å². The zero-order valence-corrected chi connectivity index (χ0v) is 11.6. The van der Waals surface area contributed by atoms with Crippen LogP contribution in [0.4, 0.5) is 5.69 Å². The highest BCUT2D eigenvalue weighted by Gasteiger charge is 2.48. The molecule has 3 atom stereocenters. The minimum Gasteiger partial charge on any atom is -0.269 e. The summed E-state index contributed by atoms with van der Waals surface area (Å²) in [5, 5.41) is -0.134. The van der Waals surface area contributed by atoms with Crippen molar-refractivity contribution < 1.29 is 8.42 Å². The van der Waals surface area contributed by atoms with Gasteiger partial charge in [-0.2, -0.15) is 0 Å². The molecule has 0 aromatic carbocycles. The molecule has 1 unspecified atom stereocenters. The van der Waals surface area contributed by atoms with Gasteiger partial charge in [0.25, 0.3) is 0 Å². The number of hydrogen-bond acceptors (Lipinski definition) is 3. The molecule has 2 heterocycles. The van der Waals surface area contributed by atoms with Crippen LogP contribution in [0.15, 0.2) is 18.5 Å². The van der Waals surface area contributed by atoms with E-state index in [0.717, 1.165) is 36.9 Å². The molecule has 0 spiro atoms. The van der Waals surface area contributed by atoms with E-state index in [0.29, 0.717) is 18.4 Å². The van der Waals surface area contributed by atoms with Crippen molar-refractivity contribution in [3.8, 4) is 0 Å².